The monoisotopic (exact) mass is 504 g/mol. The molecule has 6 rings (SSSR count). The standard InChI is InChI=1S/C26H25ClN6O3/c1-26(2)10-21-16(12-29-33(21)20-6-4-3-5-19(20)27)13-31(14-26)24(35)15-9-18-22(28-11-15)32(17-7-8-17)25(36)30-23(18)34/h3-6,9,11-12,17H,7-8,10,13-14H2,1-2H3,(H,30,34,36). The summed E-state index contributed by atoms with van der Waals surface area (Å²) >= 11 is 6.45. The van der Waals surface area contributed by atoms with E-state index in [2.05, 4.69) is 28.9 Å². The molecule has 1 aliphatic carbocycles. The number of benzene rings is 1. The molecule has 1 N–H and O–H groups in total. The van der Waals surface area contributed by atoms with Gasteiger partial charge in [-0.2, -0.15) is 5.10 Å². The zero-order chi connectivity index (χ0) is 25.2. The number of H-pyrrole nitrogens is 1. The predicted molar refractivity (Wildman–Crippen MR) is 136 cm³/mol. The number of aromatic nitrogens is 5. The summed E-state index contributed by atoms with van der Waals surface area (Å²) in [5.41, 5.74) is 2.17. The number of fused-ring (bicyclic) bond motifs is 2. The number of aromatic amines is 1. The van der Waals surface area contributed by atoms with Crippen LogP contribution in [0, 0.1) is 5.41 Å². The average Bonchev–Trinajstić information content (AvgIpc) is 3.62. The lowest BCUT2D eigenvalue weighted by molar-refractivity contribution is 0.0680. The van der Waals surface area contributed by atoms with Crippen molar-refractivity contribution in [2.45, 2.75) is 45.7 Å². The number of pyridine rings is 1. The summed E-state index contributed by atoms with van der Waals surface area (Å²) in [6.45, 7) is 5.12. The molecule has 2 aliphatic rings. The molecule has 10 heteroatoms. The molecule has 0 radical (unpaired) electrons. The Morgan fingerprint density at radius 2 is 1.94 bits per heavy atom. The van der Waals surface area contributed by atoms with Crippen molar-refractivity contribution in [3.63, 3.8) is 0 Å². The van der Waals surface area contributed by atoms with Crippen molar-refractivity contribution in [3.8, 4) is 5.69 Å². The fourth-order valence-corrected chi connectivity index (χ4v) is 5.31. The van der Waals surface area contributed by atoms with Crippen molar-refractivity contribution in [2.24, 2.45) is 5.41 Å². The highest BCUT2D eigenvalue weighted by Crippen LogP contribution is 2.35. The van der Waals surface area contributed by atoms with E-state index in [0.717, 1.165) is 29.8 Å². The third-order valence-corrected chi connectivity index (χ3v) is 7.21. The summed E-state index contributed by atoms with van der Waals surface area (Å²) in [5, 5.41) is 5.45. The summed E-state index contributed by atoms with van der Waals surface area (Å²) in [5.74, 6) is -0.223. The van der Waals surface area contributed by atoms with Crippen molar-refractivity contribution in [2.75, 3.05) is 6.54 Å². The van der Waals surface area contributed by atoms with Gasteiger partial charge in [0.1, 0.15) is 5.65 Å². The van der Waals surface area contributed by atoms with E-state index in [9.17, 15) is 14.4 Å². The number of carbonyl (C=O) groups excluding carboxylic acids is 1. The van der Waals surface area contributed by atoms with Crippen LogP contribution in [0.3, 0.4) is 0 Å². The van der Waals surface area contributed by atoms with Crippen LogP contribution in [0.15, 0.2) is 52.3 Å². The second-order valence-corrected chi connectivity index (χ2v) is 10.8. The molecule has 36 heavy (non-hydrogen) atoms. The van der Waals surface area contributed by atoms with E-state index in [1.165, 1.54) is 10.8 Å². The van der Waals surface area contributed by atoms with E-state index >= 15 is 0 Å². The highest BCUT2D eigenvalue weighted by molar-refractivity contribution is 6.32. The summed E-state index contributed by atoms with van der Waals surface area (Å²) in [4.78, 5) is 47.1. The van der Waals surface area contributed by atoms with Crippen molar-refractivity contribution >= 4 is 28.5 Å². The Kier molecular flexibility index (Phi) is 5.15. The van der Waals surface area contributed by atoms with Crippen LogP contribution in [0.2, 0.25) is 5.02 Å². The normalized spacial score (nSPS) is 17.1. The smallest absolute Gasteiger partial charge is 0.330 e. The Morgan fingerprint density at radius 1 is 1.17 bits per heavy atom. The maximum absolute atomic E-state index is 13.7. The van der Waals surface area contributed by atoms with Gasteiger partial charge in [-0.1, -0.05) is 37.6 Å². The largest absolute Gasteiger partial charge is 0.334 e. The maximum Gasteiger partial charge on any atom is 0.330 e. The maximum atomic E-state index is 13.7. The van der Waals surface area contributed by atoms with Crippen LogP contribution in [0.1, 0.15) is 54.3 Å². The van der Waals surface area contributed by atoms with E-state index in [1.54, 1.807) is 17.2 Å². The van der Waals surface area contributed by atoms with Crippen LogP contribution in [0.4, 0.5) is 0 Å². The van der Waals surface area contributed by atoms with Crippen LogP contribution in [0.5, 0.6) is 0 Å². The van der Waals surface area contributed by atoms with Gasteiger partial charge < -0.3 is 4.90 Å². The number of rotatable bonds is 3. The van der Waals surface area contributed by atoms with Gasteiger partial charge >= 0.3 is 5.69 Å². The quantitative estimate of drug-likeness (QED) is 0.460. The minimum atomic E-state index is -0.534. The number of para-hydroxylation sites is 1. The summed E-state index contributed by atoms with van der Waals surface area (Å²) < 4.78 is 3.39. The molecule has 184 valence electrons. The summed E-state index contributed by atoms with van der Waals surface area (Å²) in [6.07, 6.45) is 5.71. The molecule has 0 saturated heterocycles. The predicted octanol–water partition coefficient (Wildman–Crippen LogP) is 3.48. The lowest BCUT2D eigenvalue weighted by Crippen LogP contribution is -2.37. The summed E-state index contributed by atoms with van der Waals surface area (Å²) in [7, 11) is 0. The van der Waals surface area contributed by atoms with Crippen LogP contribution in [0.25, 0.3) is 16.7 Å². The van der Waals surface area contributed by atoms with E-state index < -0.39 is 11.2 Å². The van der Waals surface area contributed by atoms with Gasteiger partial charge in [-0.25, -0.2) is 14.5 Å². The van der Waals surface area contributed by atoms with Crippen molar-refractivity contribution < 1.29 is 4.79 Å². The van der Waals surface area contributed by atoms with E-state index in [-0.39, 0.29) is 22.8 Å². The average molecular weight is 505 g/mol. The first kappa shape index (κ1) is 22.7. The topological polar surface area (TPSA) is 106 Å². The molecule has 0 unspecified atom stereocenters. The van der Waals surface area contributed by atoms with Crippen molar-refractivity contribution in [1.82, 2.24) is 29.2 Å². The van der Waals surface area contributed by atoms with E-state index in [1.807, 2.05) is 28.9 Å². The SMILES string of the molecule is CC1(C)Cc2c(cnn2-c2ccccc2Cl)CN(C(=O)c2cnc3c(c2)c(=O)[nH]c(=O)n3C2CC2)C1. The molecule has 1 saturated carbocycles. The highest BCUT2D eigenvalue weighted by atomic mass is 35.5. The zero-order valence-corrected chi connectivity index (χ0v) is 20.7. The van der Waals surface area contributed by atoms with Crippen LogP contribution in [-0.2, 0) is 13.0 Å². The number of nitrogens with zero attached hydrogens (tertiary/aromatic N) is 5. The van der Waals surface area contributed by atoms with Gasteiger partial charge in [0, 0.05) is 36.6 Å². The fraction of sp³-hybridized carbons (Fsp3) is 0.346. The molecule has 1 aliphatic heterocycles. The molecule has 9 nitrogen and oxygen atoms in total. The van der Waals surface area contributed by atoms with Gasteiger partial charge in [0.05, 0.1) is 27.9 Å². The van der Waals surface area contributed by atoms with Crippen LogP contribution >= 0.6 is 11.6 Å². The highest BCUT2D eigenvalue weighted by Gasteiger charge is 2.34. The number of hydrogen-bond acceptors (Lipinski definition) is 5. The Balaban J connectivity index is 1.39. The van der Waals surface area contributed by atoms with Gasteiger partial charge in [-0.3, -0.25) is 19.1 Å². The number of nitrogens with one attached hydrogen (secondary N) is 1. The lowest BCUT2D eigenvalue weighted by atomic mass is 9.87. The lowest BCUT2D eigenvalue weighted by Gasteiger charge is -2.30. The first-order valence-electron chi connectivity index (χ1n) is 12.0. The molecule has 1 fully saturated rings. The van der Waals surface area contributed by atoms with Gasteiger partial charge in [0.15, 0.2) is 0 Å². The third kappa shape index (κ3) is 3.83. The second-order valence-electron chi connectivity index (χ2n) is 10.4. The molecule has 1 amide bonds. The molecule has 4 heterocycles. The van der Waals surface area contributed by atoms with Gasteiger partial charge in [0.2, 0.25) is 0 Å². The van der Waals surface area contributed by atoms with Crippen LogP contribution < -0.4 is 11.2 Å². The van der Waals surface area contributed by atoms with Gasteiger partial charge in [0.25, 0.3) is 11.5 Å². The van der Waals surface area contributed by atoms with E-state index in [4.69, 9.17) is 11.6 Å². The minimum Gasteiger partial charge on any atom is -0.334 e. The van der Waals surface area contributed by atoms with Gasteiger partial charge in [-0.05, 0) is 42.9 Å². The van der Waals surface area contributed by atoms with Crippen molar-refractivity contribution in [3.05, 3.63) is 85.4 Å². The molecular weight excluding hydrogens is 480 g/mol. The number of amides is 1. The molecule has 1 aromatic carbocycles. The fourth-order valence-electron chi connectivity index (χ4n) is 5.10. The summed E-state index contributed by atoms with van der Waals surface area (Å²) in [6, 6.07) is 9.16. The molecule has 0 spiro atoms. The van der Waals surface area contributed by atoms with E-state index in [0.29, 0.717) is 35.7 Å². The number of halogens is 1. The Bertz CT molecular complexity index is 1650. The first-order valence-corrected chi connectivity index (χ1v) is 12.3. The molecule has 3 aromatic heterocycles. The Morgan fingerprint density at radius 3 is 2.69 bits per heavy atom. The molecular formula is C26H25ClN6O3. The van der Waals surface area contributed by atoms with Crippen LogP contribution in [-0.4, -0.2) is 41.7 Å². The van der Waals surface area contributed by atoms with Crippen molar-refractivity contribution in [1.29, 1.82) is 0 Å². The minimum absolute atomic E-state index is 0.0467. The first-order chi connectivity index (χ1) is 17.2. The van der Waals surface area contributed by atoms with Gasteiger partial charge in [-0.15, -0.1) is 0 Å². The number of hydrogen-bond donors (Lipinski definition) is 1. The number of carbonyl (C=O) groups is 1. The Labute approximate surface area is 211 Å². The molecule has 4 aromatic rings. The molecule has 0 atom stereocenters. The Hall–Kier alpha value is -3.72. The second kappa shape index (κ2) is 8.16. The molecule has 0 bridgehead atoms. The zero-order valence-electron chi connectivity index (χ0n) is 20.0. The third-order valence-electron chi connectivity index (χ3n) is 6.89.